The number of alkyl halides is 3. The first-order valence-electron chi connectivity index (χ1n) is 4.04. The van der Waals surface area contributed by atoms with Gasteiger partial charge in [0.05, 0.1) is 22.9 Å². The maximum Gasteiger partial charge on any atom is 0.435 e. The number of amides is 1. The molecule has 0 bridgehead atoms. The lowest BCUT2D eigenvalue weighted by Crippen LogP contribution is -2.33. The van der Waals surface area contributed by atoms with Crippen LogP contribution in [0.25, 0.3) is 0 Å². The monoisotopic (exact) mass is 331 g/mol. The van der Waals surface area contributed by atoms with Gasteiger partial charge in [-0.15, -0.1) is 0 Å². The van der Waals surface area contributed by atoms with Gasteiger partial charge in [0.15, 0.2) is 5.69 Å². The van der Waals surface area contributed by atoms with E-state index in [1.165, 1.54) is 0 Å². The summed E-state index contributed by atoms with van der Waals surface area (Å²) in [6.45, 7) is 0.219. The number of nitrogens with one attached hydrogen (secondary N) is 1. The van der Waals surface area contributed by atoms with Gasteiger partial charge in [-0.1, -0.05) is 0 Å². The highest BCUT2D eigenvalue weighted by Gasteiger charge is 2.41. The maximum atomic E-state index is 12.5. The van der Waals surface area contributed by atoms with Crippen LogP contribution in [0.5, 0.6) is 0 Å². The summed E-state index contributed by atoms with van der Waals surface area (Å²) in [4.78, 5) is 11.3. The molecule has 1 aromatic rings. The summed E-state index contributed by atoms with van der Waals surface area (Å²) in [6, 6.07) is 0. The molecule has 0 spiro atoms. The van der Waals surface area contributed by atoms with Gasteiger partial charge < -0.3 is 5.32 Å². The molecule has 1 amide bonds. The minimum Gasteiger partial charge on any atom is -0.350 e. The number of fused-ring (bicyclic) bond motifs is 1. The molecule has 2 rings (SSSR count). The van der Waals surface area contributed by atoms with Crippen LogP contribution in [0.15, 0.2) is 0 Å². The van der Waals surface area contributed by atoms with Gasteiger partial charge in [0, 0.05) is 12.1 Å². The predicted molar refractivity (Wildman–Crippen MR) is 52.7 cm³/mol. The molecule has 0 saturated heterocycles. The number of aromatic nitrogens is 2. The molecule has 0 saturated carbocycles. The molecule has 82 valence electrons. The second kappa shape index (κ2) is 3.35. The quantitative estimate of drug-likeness (QED) is 0.731. The van der Waals surface area contributed by atoms with Crippen molar-refractivity contribution in [2.24, 2.45) is 0 Å². The molecule has 1 aliphatic heterocycles. The first-order chi connectivity index (χ1) is 6.91. The summed E-state index contributed by atoms with van der Waals surface area (Å²) in [5.74, 6) is -0.506. The van der Waals surface area contributed by atoms with Crippen LogP contribution in [0.3, 0.4) is 0 Å². The second-order valence-corrected chi connectivity index (χ2v) is 3.95. The summed E-state index contributed by atoms with van der Waals surface area (Å²) >= 11 is 1.56. The topological polar surface area (TPSA) is 46.9 Å². The zero-order valence-electron chi connectivity index (χ0n) is 7.23. The van der Waals surface area contributed by atoms with Crippen molar-refractivity contribution in [2.45, 2.75) is 12.6 Å². The summed E-state index contributed by atoms with van der Waals surface area (Å²) in [5.41, 5.74) is -0.975. The highest BCUT2D eigenvalue weighted by molar-refractivity contribution is 14.1. The standard InChI is InChI=1S/C7H5F3IN3O/c8-7(9,10)5-3-1-2-12-6(15)4(3)14(11)13-5/h1-2H2,(H,12,15). The molecule has 1 aliphatic rings. The number of carbonyl (C=O) groups is 1. The fourth-order valence-corrected chi connectivity index (χ4v) is 2.22. The van der Waals surface area contributed by atoms with E-state index >= 15 is 0 Å². The van der Waals surface area contributed by atoms with Gasteiger partial charge in [-0.05, 0) is 6.42 Å². The van der Waals surface area contributed by atoms with E-state index in [0.29, 0.717) is 0 Å². The Morgan fingerprint density at radius 3 is 2.73 bits per heavy atom. The fraction of sp³-hybridized carbons (Fsp3) is 0.429. The van der Waals surface area contributed by atoms with Crippen LogP contribution < -0.4 is 5.32 Å². The van der Waals surface area contributed by atoms with Gasteiger partial charge in [0.2, 0.25) is 0 Å². The lowest BCUT2D eigenvalue weighted by molar-refractivity contribution is -0.141. The summed E-state index contributed by atoms with van der Waals surface area (Å²) in [5, 5.41) is 5.80. The van der Waals surface area contributed by atoms with Crippen molar-refractivity contribution >= 4 is 28.8 Å². The Morgan fingerprint density at radius 1 is 1.47 bits per heavy atom. The van der Waals surface area contributed by atoms with E-state index in [0.717, 1.165) is 2.90 Å². The van der Waals surface area contributed by atoms with Crippen molar-refractivity contribution in [3.8, 4) is 0 Å². The molecular formula is C7H5F3IN3O. The highest BCUT2D eigenvalue weighted by atomic mass is 127. The Balaban J connectivity index is 2.61. The maximum absolute atomic E-state index is 12.5. The van der Waals surface area contributed by atoms with Gasteiger partial charge in [0.1, 0.15) is 5.69 Å². The highest BCUT2D eigenvalue weighted by Crippen LogP contribution is 2.34. The van der Waals surface area contributed by atoms with Gasteiger partial charge in [-0.25, -0.2) is 0 Å². The van der Waals surface area contributed by atoms with Crippen molar-refractivity contribution in [3.63, 3.8) is 0 Å². The largest absolute Gasteiger partial charge is 0.435 e. The van der Waals surface area contributed by atoms with Crippen molar-refractivity contribution in [2.75, 3.05) is 6.54 Å². The van der Waals surface area contributed by atoms with Crippen LogP contribution in [-0.2, 0) is 12.6 Å². The molecule has 0 unspecified atom stereocenters. The lowest BCUT2D eigenvalue weighted by Gasteiger charge is -2.13. The number of nitrogens with zero attached hydrogens (tertiary/aromatic N) is 2. The molecule has 0 aromatic carbocycles. The zero-order valence-corrected chi connectivity index (χ0v) is 9.39. The number of hydrogen-bond acceptors (Lipinski definition) is 2. The fourth-order valence-electron chi connectivity index (χ4n) is 1.49. The van der Waals surface area contributed by atoms with E-state index in [1.54, 1.807) is 22.9 Å². The first kappa shape index (κ1) is 10.7. The van der Waals surface area contributed by atoms with Crippen LogP contribution in [-0.4, -0.2) is 20.4 Å². The zero-order chi connectivity index (χ0) is 11.2. The molecule has 0 aliphatic carbocycles. The van der Waals surface area contributed by atoms with E-state index in [9.17, 15) is 18.0 Å². The van der Waals surface area contributed by atoms with Crippen molar-refractivity contribution in [1.29, 1.82) is 0 Å². The molecule has 0 atom stereocenters. The van der Waals surface area contributed by atoms with E-state index < -0.39 is 17.8 Å². The molecule has 1 N–H and O–H groups in total. The Morgan fingerprint density at radius 2 is 2.13 bits per heavy atom. The van der Waals surface area contributed by atoms with Crippen LogP contribution in [0.4, 0.5) is 13.2 Å². The van der Waals surface area contributed by atoms with Crippen LogP contribution in [0, 0.1) is 0 Å². The van der Waals surface area contributed by atoms with E-state index in [-0.39, 0.29) is 24.2 Å². The Kier molecular flexibility index (Phi) is 2.40. The SMILES string of the molecule is O=C1NCCc2c(C(F)(F)F)nn(I)c21. The van der Waals surface area contributed by atoms with E-state index in [1.807, 2.05) is 0 Å². The smallest absolute Gasteiger partial charge is 0.350 e. The summed E-state index contributed by atoms with van der Waals surface area (Å²) in [6.07, 6.45) is -4.34. The molecule has 0 radical (unpaired) electrons. The van der Waals surface area contributed by atoms with Crippen LogP contribution in [0.2, 0.25) is 0 Å². The third-order valence-electron chi connectivity index (χ3n) is 2.09. The molecule has 4 nitrogen and oxygen atoms in total. The number of halogens is 4. The number of rotatable bonds is 0. The van der Waals surface area contributed by atoms with Gasteiger partial charge in [-0.3, -0.25) is 4.79 Å². The average Bonchev–Trinajstić information content (AvgIpc) is 2.44. The van der Waals surface area contributed by atoms with Crippen LogP contribution >= 0.6 is 22.9 Å². The lowest BCUT2D eigenvalue weighted by atomic mass is 10.1. The molecular weight excluding hydrogens is 326 g/mol. The molecule has 8 heteroatoms. The molecule has 0 fully saturated rings. The predicted octanol–water partition coefficient (Wildman–Crippen LogP) is 1.39. The minimum absolute atomic E-state index is 0.00539. The summed E-state index contributed by atoms with van der Waals surface area (Å²) in [7, 11) is 0. The first-order valence-corrected chi connectivity index (χ1v) is 5.01. The Bertz CT molecular complexity index is 426. The molecule has 1 aromatic heterocycles. The van der Waals surface area contributed by atoms with Crippen LogP contribution in [0.1, 0.15) is 21.7 Å². The molecule has 15 heavy (non-hydrogen) atoms. The van der Waals surface area contributed by atoms with E-state index in [2.05, 4.69) is 10.4 Å². The van der Waals surface area contributed by atoms with Gasteiger partial charge in [-0.2, -0.15) is 21.2 Å². The third-order valence-corrected chi connectivity index (χ3v) is 2.79. The van der Waals surface area contributed by atoms with Crippen molar-refractivity contribution in [3.05, 3.63) is 17.0 Å². The van der Waals surface area contributed by atoms with Gasteiger partial charge in [0.25, 0.3) is 5.91 Å². The third kappa shape index (κ3) is 1.70. The number of carbonyl (C=O) groups excluding carboxylic acids is 1. The van der Waals surface area contributed by atoms with Gasteiger partial charge >= 0.3 is 6.18 Å². The second-order valence-electron chi connectivity index (χ2n) is 3.04. The summed E-state index contributed by atoms with van der Waals surface area (Å²) < 4.78 is 38.5. The Labute approximate surface area is 96.3 Å². The van der Waals surface area contributed by atoms with Crippen molar-refractivity contribution in [1.82, 2.24) is 13.3 Å². The average molecular weight is 331 g/mol. The molecule has 2 heterocycles. The normalized spacial score (nSPS) is 16.1. The van der Waals surface area contributed by atoms with E-state index in [4.69, 9.17) is 0 Å². The minimum atomic E-state index is -4.50. The number of hydrogen-bond donors (Lipinski definition) is 1. The Hall–Kier alpha value is -0.800. The van der Waals surface area contributed by atoms with Crippen molar-refractivity contribution < 1.29 is 18.0 Å².